The Bertz CT molecular complexity index is 848. The van der Waals surface area contributed by atoms with Gasteiger partial charge in [-0.15, -0.1) is 11.3 Å². The molecule has 1 N–H and O–H groups in total. The highest BCUT2D eigenvalue weighted by Crippen LogP contribution is 2.30. The molecule has 0 fully saturated rings. The molecular weight excluding hydrogens is 351 g/mol. The van der Waals surface area contributed by atoms with Crippen LogP contribution in [0.15, 0.2) is 53.9 Å². The zero-order valence-corrected chi connectivity index (χ0v) is 14.3. The van der Waals surface area contributed by atoms with Gasteiger partial charge in [-0.3, -0.25) is 4.79 Å². The lowest BCUT2D eigenvalue weighted by molar-refractivity contribution is -0.115. The molecule has 0 saturated heterocycles. The molecule has 3 aromatic rings. The van der Waals surface area contributed by atoms with Crippen LogP contribution in [0.5, 0.6) is 0 Å². The van der Waals surface area contributed by atoms with Crippen molar-refractivity contribution in [2.24, 2.45) is 0 Å². The van der Waals surface area contributed by atoms with Crippen molar-refractivity contribution in [1.82, 2.24) is 4.98 Å². The monoisotopic (exact) mass is 362 g/mol. The van der Waals surface area contributed by atoms with E-state index in [0.717, 1.165) is 10.6 Å². The van der Waals surface area contributed by atoms with Crippen molar-refractivity contribution in [3.8, 4) is 10.6 Å². The molecule has 3 nitrogen and oxygen atoms in total. The highest BCUT2D eigenvalue weighted by molar-refractivity contribution is 7.13. The van der Waals surface area contributed by atoms with E-state index >= 15 is 0 Å². The molecule has 0 atom stereocenters. The second-order valence-electron chi connectivity index (χ2n) is 4.83. The van der Waals surface area contributed by atoms with Gasteiger partial charge in [0, 0.05) is 10.9 Å². The van der Waals surface area contributed by atoms with Gasteiger partial charge in [0.05, 0.1) is 27.8 Å². The lowest BCUT2D eigenvalue weighted by Crippen LogP contribution is -2.14. The summed E-state index contributed by atoms with van der Waals surface area (Å²) in [6.45, 7) is 0. The lowest BCUT2D eigenvalue weighted by atomic mass is 10.2. The summed E-state index contributed by atoms with van der Waals surface area (Å²) in [5, 5.41) is 6.61. The van der Waals surface area contributed by atoms with Crippen molar-refractivity contribution >= 4 is 46.1 Å². The third kappa shape index (κ3) is 3.91. The first-order valence-electron chi connectivity index (χ1n) is 6.87. The van der Waals surface area contributed by atoms with E-state index in [2.05, 4.69) is 10.3 Å². The molecule has 116 valence electrons. The van der Waals surface area contributed by atoms with Crippen LogP contribution in [0, 0.1) is 0 Å². The van der Waals surface area contributed by atoms with E-state index in [1.807, 2.05) is 41.8 Å². The van der Waals surface area contributed by atoms with Crippen LogP contribution >= 0.6 is 34.5 Å². The Morgan fingerprint density at radius 2 is 1.74 bits per heavy atom. The number of aromatic nitrogens is 1. The second-order valence-corrected chi connectivity index (χ2v) is 6.50. The van der Waals surface area contributed by atoms with Gasteiger partial charge in [0.15, 0.2) is 0 Å². The number of nitrogens with zero attached hydrogens (tertiary/aromatic N) is 1. The van der Waals surface area contributed by atoms with E-state index in [4.69, 9.17) is 23.2 Å². The fourth-order valence-corrected chi connectivity index (χ4v) is 3.39. The van der Waals surface area contributed by atoms with Gasteiger partial charge < -0.3 is 5.32 Å². The fourth-order valence-electron chi connectivity index (χ4n) is 2.07. The average molecular weight is 363 g/mol. The van der Waals surface area contributed by atoms with Crippen molar-refractivity contribution in [1.29, 1.82) is 0 Å². The molecule has 23 heavy (non-hydrogen) atoms. The second kappa shape index (κ2) is 7.13. The molecule has 0 unspecified atom stereocenters. The molecule has 0 saturated carbocycles. The number of carbonyl (C=O) groups excluding carboxylic acids is 1. The van der Waals surface area contributed by atoms with E-state index in [9.17, 15) is 4.79 Å². The number of nitrogens with one attached hydrogen (secondary N) is 1. The van der Waals surface area contributed by atoms with Crippen molar-refractivity contribution in [2.45, 2.75) is 6.42 Å². The largest absolute Gasteiger partial charge is 0.324 e. The summed E-state index contributed by atoms with van der Waals surface area (Å²) in [6, 6.07) is 14.6. The zero-order chi connectivity index (χ0) is 16.2. The summed E-state index contributed by atoms with van der Waals surface area (Å²) in [4.78, 5) is 16.6. The number of benzene rings is 2. The molecule has 1 amide bonds. The van der Waals surface area contributed by atoms with Gasteiger partial charge in [0.2, 0.25) is 5.91 Å². The number of rotatable bonds is 4. The van der Waals surface area contributed by atoms with Crippen LogP contribution in [0.2, 0.25) is 10.0 Å². The highest BCUT2D eigenvalue weighted by atomic mass is 35.5. The van der Waals surface area contributed by atoms with Crippen molar-refractivity contribution < 1.29 is 4.79 Å². The van der Waals surface area contributed by atoms with Gasteiger partial charge in [-0.25, -0.2) is 4.98 Å². The van der Waals surface area contributed by atoms with E-state index in [-0.39, 0.29) is 12.3 Å². The molecule has 0 spiro atoms. The van der Waals surface area contributed by atoms with Crippen LogP contribution in [0.25, 0.3) is 10.6 Å². The first-order chi connectivity index (χ1) is 11.1. The van der Waals surface area contributed by atoms with Gasteiger partial charge in [0.25, 0.3) is 0 Å². The summed E-state index contributed by atoms with van der Waals surface area (Å²) in [5.41, 5.74) is 2.17. The van der Waals surface area contributed by atoms with Gasteiger partial charge in [-0.05, 0) is 18.2 Å². The van der Waals surface area contributed by atoms with Crippen LogP contribution in [0.4, 0.5) is 5.69 Å². The summed E-state index contributed by atoms with van der Waals surface area (Å²) >= 11 is 13.7. The minimum Gasteiger partial charge on any atom is -0.324 e. The standard InChI is InChI=1S/C17H12Cl2N2OS/c18-13-6-2-1-5-12(13)17-20-11(10-23-17)9-16(22)21-15-8-4-3-7-14(15)19/h1-8,10H,9H2,(H,21,22). The Hall–Kier alpha value is -1.88. The quantitative estimate of drug-likeness (QED) is 0.684. The Morgan fingerprint density at radius 1 is 1.04 bits per heavy atom. The summed E-state index contributed by atoms with van der Waals surface area (Å²) in [5.74, 6) is -0.158. The maximum Gasteiger partial charge on any atom is 0.230 e. The molecule has 0 aliphatic heterocycles. The fraction of sp³-hybridized carbons (Fsp3) is 0.0588. The molecule has 0 bridgehead atoms. The minimum absolute atomic E-state index is 0.158. The Morgan fingerprint density at radius 3 is 2.48 bits per heavy atom. The van der Waals surface area contributed by atoms with Gasteiger partial charge in [-0.2, -0.15) is 0 Å². The smallest absolute Gasteiger partial charge is 0.230 e. The highest BCUT2D eigenvalue weighted by Gasteiger charge is 2.12. The molecule has 0 aliphatic rings. The molecule has 1 aromatic heterocycles. The number of anilines is 1. The van der Waals surface area contributed by atoms with Crippen molar-refractivity contribution in [3.63, 3.8) is 0 Å². The minimum atomic E-state index is -0.158. The molecule has 2 aromatic carbocycles. The predicted octanol–water partition coefficient (Wildman–Crippen LogP) is 5.30. The van der Waals surface area contributed by atoms with Crippen LogP contribution in [-0.2, 0) is 11.2 Å². The van der Waals surface area contributed by atoms with E-state index in [1.54, 1.807) is 12.1 Å². The summed E-state index contributed by atoms with van der Waals surface area (Å²) in [6.07, 6.45) is 0.187. The van der Waals surface area contributed by atoms with Crippen molar-refractivity contribution in [2.75, 3.05) is 5.32 Å². The Balaban J connectivity index is 1.71. The van der Waals surface area contributed by atoms with E-state index in [0.29, 0.717) is 21.4 Å². The first-order valence-corrected chi connectivity index (χ1v) is 8.51. The van der Waals surface area contributed by atoms with Crippen LogP contribution in [0.1, 0.15) is 5.69 Å². The number of hydrogen-bond donors (Lipinski definition) is 1. The van der Waals surface area contributed by atoms with Gasteiger partial charge in [-0.1, -0.05) is 53.5 Å². The summed E-state index contributed by atoms with van der Waals surface area (Å²) in [7, 11) is 0. The lowest BCUT2D eigenvalue weighted by Gasteiger charge is -2.05. The third-order valence-electron chi connectivity index (χ3n) is 3.15. The number of amides is 1. The van der Waals surface area contributed by atoms with E-state index in [1.165, 1.54) is 11.3 Å². The van der Waals surface area contributed by atoms with Crippen LogP contribution < -0.4 is 5.32 Å². The topological polar surface area (TPSA) is 42.0 Å². The van der Waals surface area contributed by atoms with Gasteiger partial charge in [0.1, 0.15) is 5.01 Å². The molecular formula is C17H12Cl2N2OS. The third-order valence-corrected chi connectivity index (χ3v) is 4.73. The number of para-hydroxylation sites is 1. The van der Waals surface area contributed by atoms with E-state index < -0.39 is 0 Å². The number of carbonyl (C=O) groups is 1. The SMILES string of the molecule is O=C(Cc1csc(-c2ccccc2Cl)n1)Nc1ccccc1Cl. The number of hydrogen-bond acceptors (Lipinski definition) is 3. The number of halogens is 2. The molecule has 0 aliphatic carbocycles. The first kappa shape index (κ1) is 16.0. The maximum absolute atomic E-state index is 12.1. The molecule has 1 heterocycles. The number of thiazole rings is 1. The Kier molecular flexibility index (Phi) is 4.96. The zero-order valence-electron chi connectivity index (χ0n) is 11.9. The predicted molar refractivity (Wildman–Crippen MR) is 96.3 cm³/mol. The maximum atomic E-state index is 12.1. The normalized spacial score (nSPS) is 10.5. The Labute approximate surface area is 147 Å². The van der Waals surface area contributed by atoms with Crippen molar-refractivity contribution in [3.05, 3.63) is 69.7 Å². The van der Waals surface area contributed by atoms with Crippen LogP contribution in [-0.4, -0.2) is 10.9 Å². The van der Waals surface area contributed by atoms with Gasteiger partial charge >= 0.3 is 0 Å². The summed E-state index contributed by atoms with van der Waals surface area (Å²) < 4.78 is 0. The average Bonchev–Trinajstić information content (AvgIpc) is 2.98. The molecule has 3 rings (SSSR count). The molecule has 6 heteroatoms. The molecule has 0 radical (unpaired) electrons. The van der Waals surface area contributed by atoms with Crippen LogP contribution in [0.3, 0.4) is 0 Å².